The Labute approximate surface area is 107 Å². The van der Waals surface area contributed by atoms with Crippen molar-refractivity contribution in [2.75, 3.05) is 13.2 Å². The lowest BCUT2D eigenvalue weighted by Crippen LogP contribution is -2.49. The summed E-state index contributed by atoms with van der Waals surface area (Å²) in [5.41, 5.74) is 0. The number of aliphatic hydroxyl groups excluding tert-OH is 1. The van der Waals surface area contributed by atoms with Gasteiger partial charge in [-0.05, 0) is 37.0 Å². The van der Waals surface area contributed by atoms with Gasteiger partial charge in [0.25, 0.3) is 0 Å². The maximum Gasteiger partial charge on any atom is 0.247 e. The number of rotatable bonds is 3. The lowest BCUT2D eigenvalue weighted by Gasteiger charge is -2.38. The molecule has 1 amide bonds. The zero-order chi connectivity index (χ0) is 13.0. The second-order valence-corrected chi connectivity index (χ2v) is 4.75. The van der Waals surface area contributed by atoms with Crippen LogP contribution >= 0.6 is 0 Å². The van der Waals surface area contributed by atoms with E-state index in [0.717, 1.165) is 19.4 Å². The minimum absolute atomic E-state index is 0.0293. The van der Waals surface area contributed by atoms with E-state index < -0.39 is 0 Å². The second-order valence-electron chi connectivity index (χ2n) is 4.75. The van der Waals surface area contributed by atoms with E-state index in [1.807, 2.05) is 0 Å². The molecule has 4 heteroatoms. The highest BCUT2D eigenvalue weighted by atomic mass is 16.3. The van der Waals surface area contributed by atoms with Crippen LogP contribution in [0.1, 0.15) is 25.5 Å². The predicted molar refractivity (Wildman–Crippen MR) is 68.7 cm³/mol. The zero-order valence-corrected chi connectivity index (χ0v) is 10.6. The Balaban J connectivity index is 2.03. The zero-order valence-electron chi connectivity index (χ0n) is 10.6. The maximum absolute atomic E-state index is 12.1. The molecule has 1 saturated heterocycles. The van der Waals surface area contributed by atoms with Crippen molar-refractivity contribution in [1.29, 1.82) is 0 Å². The van der Waals surface area contributed by atoms with Crippen molar-refractivity contribution in [1.82, 2.24) is 4.90 Å². The topological polar surface area (TPSA) is 53.7 Å². The molecule has 0 radical (unpaired) electrons. The Morgan fingerprint density at radius 3 is 3.17 bits per heavy atom. The number of likely N-dealkylation sites (tertiary alicyclic amines) is 1. The van der Waals surface area contributed by atoms with Gasteiger partial charge in [-0.25, -0.2) is 0 Å². The molecule has 1 aromatic heterocycles. The van der Waals surface area contributed by atoms with Crippen LogP contribution in [0, 0.1) is 5.92 Å². The van der Waals surface area contributed by atoms with Crippen LogP contribution in [0.15, 0.2) is 28.9 Å². The molecule has 0 aromatic carbocycles. The largest absolute Gasteiger partial charge is 0.465 e. The summed E-state index contributed by atoms with van der Waals surface area (Å²) in [6.07, 6.45) is 6.81. The molecule has 2 unspecified atom stereocenters. The fourth-order valence-electron chi connectivity index (χ4n) is 2.44. The first kappa shape index (κ1) is 12.9. The summed E-state index contributed by atoms with van der Waals surface area (Å²) in [7, 11) is 0. The van der Waals surface area contributed by atoms with Crippen molar-refractivity contribution in [3.05, 3.63) is 30.2 Å². The summed E-state index contributed by atoms with van der Waals surface area (Å²) >= 11 is 0. The van der Waals surface area contributed by atoms with Crippen LogP contribution in [-0.2, 0) is 4.79 Å². The number of carbonyl (C=O) groups is 1. The molecule has 1 aliphatic heterocycles. The minimum atomic E-state index is -0.0625. The average molecular weight is 249 g/mol. The molecule has 0 saturated carbocycles. The summed E-state index contributed by atoms with van der Waals surface area (Å²) in [6.45, 7) is 2.83. The van der Waals surface area contributed by atoms with Crippen molar-refractivity contribution >= 4 is 12.0 Å². The lowest BCUT2D eigenvalue weighted by molar-refractivity contribution is -0.132. The molecule has 0 bridgehead atoms. The molecule has 1 fully saturated rings. The minimum Gasteiger partial charge on any atom is -0.465 e. The van der Waals surface area contributed by atoms with Crippen LogP contribution in [0.2, 0.25) is 0 Å². The van der Waals surface area contributed by atoms with Crippen molar-refractivity contribution < 1.29 is 14.3 Å². The first-order valence-electron chi connectivity index (χ1n) is 6.35. The quantitative estimate of drug-likeness (QED) is 0.833. The van der Waals surface area contributed by atoms with Gasteiger partial charge in [0.2, 0.25) is 5.91 Å². The van der Waals surface area contributed by atoms with Crippen molar-refractivity contribution in [3.8, 4) is 0 Å². The van der Waals surface area contributed by atoms with E-state index in [-0.39, 0.29) is 18.6 Å². The molecule has 2 rings (SSSR count). The van der Waals surface area contributed by atoms with Crippen LogP contribution in [0.25, 0.3) is 6.08 Å². The van der Waals surface area contributed by atoms with E-state index >= 15 is 0 Å². The molecular weight excluding hydrogens is 230 g/mol. The normalized spacial score (nSPS) is 24.7. The van der Waals surface area contributed by atoms with Gasteiger partial charge in [-0.2, -0.15) is 0 Å². The van der Waals surface area contributed by atoms with E-state index in [1.54, 1.807) is 29.4 Å². The molecular formula is C14H19NO3. The second kappa shape index (κ2) is 5.87. The first-order chi connectivity index (χ1) is 8.72. The van der Waals surface area contributed by atoms with Gasteiger partial charge in [0.1, 0.15) is 5.76 Å². The number of carbonyl (C=O) groups excluding carboxylic acids is 1. The Morgan fingerprint density at radius 1 is 1.67 bits per heavy atom. The van der Waals surface area contributed by atoms with Gasteiger partial charge in [0.05, 0.1) is 18.9 Å². The summed E-state index contributed by atoms with van der Waals surface area (Å²) < 4.78 is 5.14. The van der Waals surface area contributed by atoms with E-state index in [1.165, 1.54) is 6.08 Å². The third kappa shape index (κ3) is 2.82. The van der Waals surface area contributed by atoms with E-state index in [0.29, 0.717) is 11.7 Å². The molecule has 18 heavy (non-hydrogen) atoms. The molecule has 1 aromatic rings. The number of aliphatic hydroxyl groups is 1. The van der Waals surface area contributed by atoms with Crippen LogP contribution in [0.3, 0.4) is 0 Å². The van der Waals surface area contributed by atoms with Gasteiger partial charge in [0.15, 0.2) is 0 Å². The third-order valence-corrected chi connectivity index (χ3v) is 3.52. The van der Waals surface area contributed by atoms with E-state index in [9.17, 15) is 9.90 Å². The monoisotopic (exact) mass is 249 g/mol. The van der Waals surface area contributed by atoms with Gasteiger partial charge in [-0.15, -0.1) is 0 Å². The standard InChI is InChI=1S/C14H19NO3/c1-11-4-2-8-15(13(11)10-16)14(17)7-6-12-5-3-9-18-12/h3,5-7,9,11,13,16H,2,4,8,10H2,1H3/b7-6+. The summed E-state index contributed by atoms with van der Waals surface area (Å²) in [6, 6.07) is 3.52. The average Bonchev–Trinajstić information content (AvgIpc) is 2.88. The SMILES string of the molecule is CC1CCCN(C(=O)/C=C/c2ccco2)C1CO. The molecule has 2 heterocycles. The summed E-state index contributed by atoms with van der Waals surface area (Å²) in [5, 5.41) is 9.40. The highest BCUT2D eigenvalue weighted by Gasteiger charge is 2.30. The van der Waals surface area contributed by atoms with Gasteiger partial charge < -0.3 is 14.4 Å². The van der Waals surface area contributed by atoms with Gasteiger partial charge in [-0.1, -0.05) is 6.92 Å². The maximum atomic E-state index is 12.1. The number of hydrogen-bond donors (Lipinski definition) is 1. The van der Waals surface area contributed by atoms with Gasteiger partial charge >= 0.3 is 0 Å². The Morgan fingerprint density at radius 2 is 2.50 bits per heavy atom. The molecule has 2 atom stereocenters. The Bertz CT molecular complexity index is 411. The smallest absolute Gasteiger partial charge is 0.247 e. The highest BCUT2D eigenvalue weighted by Crippen LogP contribution is 2.23. The van der Waals surface area contributed by atoms with Crippen LogP contribution in [0.5, 0.6) is 0 Å². The lowest BCUT2D eigenvalue weighted by atomic mass is 9.91. The van der Waals surface area contributed by atoms with Crippen molar-refractivity contribution in [2.45, 2.75) is 25.8 Å². The van der Waals surface area contributed by atoms with Crippen LogP contribution in [0.4, 0.5) is 0 Å². The summed E-state index contributed by atoms with van der Waals surface area (Å²) in [5.74, 6) is 0.954. The molecule has 1 aliphatic rings. The van der Waals surface area contributed by atoms with Crippen LogP contribution in [-0.4, -0.2) is 35.1 Å². The van der Waals surface area contributed by atoms with E-state index in [4.69, 9.17) is 4.42 Å². The fraction of sp³-hybridized carbons (Fsp3) is 0.500. The van der Waals surface area contributed by atoms with Gasteiger partial charge in [-0.3, -0.25) is 4.79 Å². The molecule has 1 N–H and O–H groups in total. The highest BCUT2D eigenvalue weighted by molar-refractivity contribution is 5.91. The number of nitrogens with zero attached hydrogens (tertiary/aromatic N) is 1. The number of piperidine rings is 1. The number of furan rings is 1. The van der Waals surface area contributed by atoms with Gasteiger partial charge in [0, 0.05) is 12.6 Å². The molecule has 98 valence electrons. The number of amides is 1. The molecule has 0 spiro atoms. The Kier molecular flexibility index (Phi) is 4.20. The predicted octanol–water partition coefficient (Wildman–Crippen LogP) is 1.91. The van der Waals surface area contributed by atoms with Crippen molar-refractivity contribution in [3.63, 3.8) is 0 Å². The first-order valence-corrected chi connectivity index (χ1v) is 6.35. The number of hydrogen-bond acceptors (Lipinski definition) is 3. The third-order valence-electron chi connectivity index (χ3n) is 3.52. The molecule has 0 aliphatic carbocycles. The Hall–Kier alpha value is -1.55. The summed E-state index contributed by atoms with van der Waals surface area (Å²) in [4.78, 5) is 13.9. The molecule has 4 nitrogen and oxygen atoms in total. The fourth-order valence-corrected chi connectivity index (χ4v) is 2.44. The van der Waals surface area contributed by atoms with Crippen molar-refractivity contribution in [2.24, 2.45) is 5.92 Å². The van der Waals surface area contributed by atoms with E-state index in [2.05, 4.69) is 6.92 Å². The van der Waals surface area contributed by atoms with Crippen LogP contribution < -0.4 is 0 Å².